The fourth-order valence-electron chi connectivity index (χ4n) is 2.38. The highest BCUT2D eigenvalue weighted by Gasteiger charge is 2.19. The summed E-state index contributed by atoms with van der Waals surface area (Å²) >= 11 is 0. The van der Waals surface area contributed by atoms with Gasteiger partial charge in [0, 0.05) is 25.8 Å². The smallest absolute Gasteiger partial charge is 0.255 e. The van der Waals surface area contributed by atoms with Crippen molar-refractivity contribution in [3.8, 4) is 0 Å². The molecule has 1 aromatic heterocycles. The van der Waals surface area contributed by atoms with E-state index in [1.807, 2.05) is 19.1 Å². The Morgan fingerprint density at radius 2 is 2.20 bits per heavy atom. The average molecular weight is 276 g/mol. The van der Waals surface area contributed by atoms with Crippen LogP contribution in [0.25, 0.3) is 0 Å². The van der Waals surface area contributed by atoms with Gasteiger partial charge in [-0.1, -0.05) is 6.92 Å². The van der Waals surface area contributed by atoms with Crippen LogP contribution in [0.1, 0.15) is 36.5 Å². The second-order valence-electron chi connectivity index (χ2n) is 5.47. The molecule has 2 rings (SSSR count). The summed E-state index contributed by atoms with van der Waals surface area (Å²) in [5.41, 5.74) is 6.24. The zero-order chi connectivity index (χ0) is 14.4. The number of piperidine rings is 1. The van der Waals surface area contributed by atoms with Crippen molar-refractivity contribution in [2.24, 2.45) is 11.7 Å². The Morgan fingerprint density at radius 1 is 1.45 bits per heavy atom. The fourth-order valence-corrected chi connectivity index (χ4v) is 2.38. The molecule has 1 aromatic rings. The van der Waals surface area contributed by atoms with Crippen molar-refractivity contribution in [1.29, 1.82) is 0 Å². The first-order valence-electron chi connectivity index (χ1n) is 7.40. The van der Waals surface area contributed by atoms with E-state index in [1.165, 1.54) is 19.3 Å². The van der Waals surface area contributed by atoms with E-state index in [-0.39, 0.29) is 11.8 Å². The lowest BCUT2D eigenvalue weighted by atomic mass is 10.1. The number of anilines is 1. The number of hydrogen-bond acceptors (Lipinski definition) is 4. The Labute approximate surface area is 120 Å². The van der Waals surface area contributed by atoms with Crippen LogP contribution in [0.2, 0.25) is 0 Å². The molecule has 3 N–H and O–H groups in total. The van der Waals surface area contributed by atoms with Crippen molar-refractivity contribution >= 4 is 11.7 Å². The van der Waals surface area contributed by atoms with E-state index in [1.54, 1.807) is 6.20 Å². The molecule has 110 valence electrons. The van der Waals surface area contributed by atoms with Crippen molar-refractivity contribution in [3.05, 3.63) is 23.9 Å². The average Bonchev–Trinajstić information content (AvgIpc) is 2.53. The van der Waals surface area contributed by atoms with Crippen LogP contribution in [0.5, 0.6) is 0 Å². The van der Waals surface area contributed by atoms with Gasteiger partial charge in [-0.3, -0.25) is 4.79 Å². The Bertz CT molecular complexity index is 443. The topological polar surface area (TPSA) is 71.2 Å². The number of rotatable bonds is 5. The van der Waals surface area contributed by atoms with Gasteiger partial charge in [0.25, 0.3) is 5.91 Å². The summed E-state index contributed by atoms with van der Waals surface area (Å²) in [6.45, 7) is 5.16. The quantitative estimate of drug-likeness (QED) is 0.852. The number of carbonyl (C=O) groups is 1. The third-order valence-electron chi connectivity index (χ3n) is 3.70. The molecule has 1 fully saturated rings. The second-order valence-corrected chi connectivity index (χ2v) is 5.47. The SMILES string of the molecule is CC(CN)CNC(=O)c1cccnc1N1CCCCC1. The molecular formula is C15H24N4O. The van der Waals surface area contributed by atoms with Crippen LogP contribution in [-0.4, -0.2) is 37.1 Å². The Hall–Kier alpha value is -1.62. The van der Waals surface area contributed by atoms with Crippen molar-refractivity contribution in [1.82, 2.24) is 10.3 Å². The third kappa shape index (κ3) is 3.70. The normalized spacial score (nSPS) is 16.8. The van der Waals surface area contributed by atoms with E-state index in [2.05, 4.69) is 15.2 Å². The van der Waals surface area contributed by atoms with Gasteiger partial charge < -0.3 is 16.0 Å². The lowest BCUT2D eigenvalue weighted by molar-refractivity contribution is 0.0948. The summed E-state index contributed by atoms with van der Waals surface area (Å²) in [7, 11) is 0. The van der Waals surface area contributed by atoms with E-state index >= 15 is 0 Å². The molecule has 0 radical (unpaired) electrons. The van der Waals surface area contributed by atoms with E-state index in [0.29, 0.717) is 18.7 Å². The first-order chi connectivity index (χ1) is 9.72. The number of nitrogens with one attached hydrogen (secondary N) is 1. The van der Waals surface area contributed by atoms with Crippen LogP contribution >= 0.6 is 0 Å². The van der Waals surface area contributed by atoms with Crippen LogP contribution in [-0.2, 0) is 0 Å². The van der Waals surface area contributed by atoms with Gasteiger partial charge in [-0.15, -0.1) is 0 Å². The molecule has 0 bridgehead atoms. The zero-order valence-corrected chi connectivity index (χ0v) is 12.1. The van der Waals surface area contributed by atoms with Crippen molar-refractivity contribution in [2.75, 3.05) is 31.1 Å². The maximum atomic E-state index is 12.3. The first-order valence-corrected chi connectivity index (χ1v) is 7.40. The molecule has 2 heterocycles. The van der Waals surface area contributed by atoms with Gasteiger partial charge >= 0.3 is 0 Å². The number of amides is 1. The maximum Gasteiger partial charge on any atom is 0.255 e. The molecule has 1 unspecified atom stereocenters. The standard InChI is InChI=1S/C15H24N4O/c1-12(10-16)11-18-15(20)13-6-5-7-17-14(13)19-8-3-2-4-9-19/h5-7,12H,2-4,8-11,16H2,1H3,(H,18,20). The molecule has 20 heavy (non-hydrogen) atoms. The lowest BCUT2D eigenvalue weighted by Gasteiger charge is -2.29. The van der Waals surface area contributed by atoms with Gasteiger partial charge in [0.1, 0.15) is 5.82 Å². The fraction of sp³-hybridized carbons (Fsp3) is 0.600. The second kappa shape index (κ2) is 7.24. The predicted octanol–water partition coefficient (Wildman–Crippen LogP) is 1.40. The molecular weight excluding hydrogens is 252 g/mol. The van der Waals surface area contributed by atoms with Crippen LogP contribution in [0, 0.1) is 5.92 Å². The molecule has 0 spiro atoms. The minimum Gasteiger partial charge on any atom is -0.356 e. The Kier molecular flexibility index (Phi) is 5.35. The van der Waals surface area contributed by atoms with Crippen LogP contribution in [0.3, 0.4) is 0 Å². The monoisotopic (exact) mass is 276 g/mol. The van der Waals surface area contributed by atoms with Crippen molar-refractivity contribution in [2.45, 2.75) is 26.2 Å². The number of nitrogens with zero attached hydrogens (tertiary/aromatic N) is 2. The van der Waals surface area contributed by atoms with Gasteiger partial charge in [-0.25, -0.2) is 4.98 Å². The first kappa shape index (κ1) is 14.8. The summed E-state index contributed by atoms with van der Waals surface area (Å²) in [4.78, 5) is 18.9. The molecule has 1 saturated heterocycles. The lowest BCUT2D eigenvalue weighted by Crippen LogP contribution is -2.35. The maximum absolute atomic E-state index is 12.3. The van der Waals surface area contributed by atoms with Gasteiger partial charge in [0.2, 0.25) is 0 Å². The number of aromatic nitrogens is 1. The van der Waals surface area contributed by atoms with Gasteiger partial charge in [-0.2, -0.15) is 0 Å². The molecule has 0 saturated carbocycles. The summed E-state index contributed by atoms with van der Waals surface area (Å²) in [5.74, 6) is 1.04. The van der Waals surface area contributed by atoms with E-state index in [0.717, 1.165) is 18.9 Å². The van der Waals surface area contributed by atoms with Crippen LogP contribution in [0.4, 0.5) is 5.82 Å². The number of pyridine rings is 1. The third-order valence-corrected chi connectivity index (χ3v) is 3.70. The largest absolute Gasteiger partial charge is 0.356 e. The molecule has 1 aliphatic heterocycles. The molecule has 1 amide bonds. The molecule has 0 aromatic carbocycles. The van der Waals surface area contributed by atoms with Gasteiger partial charge in [-0.05, 0) is 43.9 Å². The van der Waals surface area contributed by atoms with E-state index in [9.17, 15) is 4.79 Å². The molecule has 0 aliphatic carbocycles. The number of nitrogens with two attached hydrogens (primary N) is 1. The Morgan fingerprint density at radius 3 is 2.90 bits per heavy atom. The van der Waals surface area contributed by atoms with Gasteiger partial charge in [0.15, 0.2) is 0 Å². The van der Waals surface area contributed by atoms with Crippen LogP contribution < -0.4 is 16.0 Å². The van der Waals surface area contributed by atoms with E-state index in [4.69, 9.17) is 5.73 Å². The van der Waals surface area contributed by atoms with Crippen LogP contribution in [0.15, 0.2) is 18.3 Å². The highest BCUT2D eigenvalue weighted by Crippen LogP contribution is 2.21. The molecule has 5 heteroatoms. The van der Waals surface area contributed by atoms with Gasteiger partial charge in [0.05, 0.1) is 5.56 Å². The minimum absolute atomic E-state index is 0.0565. The Balaban J connectivity index is 2.08. The van der Waals surface area contributed by atoms with E-state index < -0.39 is 0 Å². The predicted molar refractivity (Wildman–Crippen MR) is 80.9 cm³/mol. The summed E-state index contributed by atoms with van der Waals surface area (Å²) < 4.78 is 0. The summed E-state index contributed by atoms with van der Waals surface area (Å²) in [6, 6.07) is 3.66. The zero-order valence-electron chi connectivity index (χ0n) is 12.1. The number of carbonyl (C=O) groups excluding carboxylic acids is 1. The van der Waals surface area contributed by atoms with Crippen molar-refractivity contribution < 1.29 is 4.79 Å². The summed E-state index contributed by atoms with van der Waals surface area (Å²) in [6.07, 6.45) is 5.35. The highest BCUT2D eigenvalue weighted by atomic mass is 16.1. The number of hydrogen-bond donors (Lipinski definition) is 2. The van der Waals surface area contributed by atoms with Crippen molar-refractivity contribution in [3.63, 3.8) is 0 Å². The minimum atomic E-state index is -0.0565. The molecule has 1 aliphatic rings. The molecule has 5 nitrogen and oxygen atoms in total. The molecule has 1 atom stereocenters. The highest BCUT2D eigenvalue weighted by molar-refractivity contribution is 5.98. The summed E-state index contributed by atoms with van der Waals surface area (Å²) in [5, 5.41) is 2.94.